The molecule has 2 aromatic heterocycles. The minimum absolute atomic E-state index is 0.158. The van der Waals surface area contributed by atoms with Gasteiger partial charge in [0.15, 0.2) is 17.0 Å². The van der Waals surface area contributed by atoms with Gasteiger partial charge < -0.3 is 10.1 Å². The van der Waals surface area contributed by atoms with E-state index in [9.17, 15) is 4.39 Å². The maximum absolute atomic E-state index is 14.0. The van der Waals surface area contributed by atoms with E-state index in [1.807, 2.05) is 24.3 Å². The molecule has 1 N–H and O–H groups in total. The van der Waals surface area contributed by atoms with Crippen molar-refractivity contribution in [3.05, 3.63) is 41.1 Å². The van der Waals surface area contributed by atoms with E-state index in [1.165, 1.54) is 0 Å². The second kappa shape index (κ2) is 6.45. The summed E-state index contributed by atoms with van der Waals surface area (Å²) in [7, 11) is 0. The molecule has 1 aliphatic rings. The Hall–Kier alpha value is -2.06. The van der Waals surface area contributed by atoms with Gasteiger partial charge in [-0.2, -0.15) is 14.4 Å². The molecule has 0 amide bonds. The van der Waals surface area contributed by atoms with Crippen LogP contribution < -0.4 is 5.32 Å². The Morgan fingerprint density at radius 2 is 2.12 bits per heavy atom. The first kappa shape index (κ1) is 15.5. The van der Waals surface area contributed by atoms with Crippen LogP contribution in [0, 0.1) is 6.08 Å². The van der Waals surface area contributed by atoms with Crippen LogP contribution in [0.3, 0.4) is 0 Å². The number of halogens is 2. The van der Waals surface area contributed by atoms with Crippen LogP contribution in [0.1, 0.15) is 25.5 Å². The number of nitrogens with zero attached hydrogens (tertiary/aromatic N) is 4. The number of nitrogens with one attached hydrogen (secondary N) is 1. The second-order valence-corrected chi connectivity index (χ2v) is 6.45. The second-order valence-electron chi connectivity index (χ2n) is 5.59. The summed E-state index contributed by atoms with van der Waals surface area (Å²) in [5.74, 6) is 0.332. The van der Waals surface area contributed by atoms with Crippen molar-refractivity contribution in [2.24, 2.45) is 0 Å². The molecule has 1 fully saturated rings. The minimum atomic E-state index is -0.797. The fraction of sp³-hybridized carbons (Fsp3) is 0.312. The summed E-state index contributed by atoms with van der Waals surface area (Å²) in [5, 5.41) is 3.12. The summed E-state index contributed by atoms with van der Waals surface area (Å²) in [6.07, 6.45) is 3.66. The van der Waals surface area contributed by atoms with E-state index in [4.69, 9.17) is 4.74 Å². The molecule has 3 heterocycles. The number of aromatic nitrogens is 4. The summed E-state index contributed by atoms with van der Waals surface area (Å²) < 4.78 is 22.4. The van der Waals surface area contributed by atoms with Gasteiger partial charge >= 0.3 is 6.08 Å². The summed E-state index contributed by atoms with van der Waals surface area (Å²) in [6.45, 7) is 0.694. The van der Waals surface area contributed by atoms with Crippen molar-refractivity contribution in [3.8, 4) is 0 Å². The molecule has 3 aromatic rings. The summed E-state index contributed by atoms with van der Waals surface area (Å²) in [6, 6.07) is 7.56. The van der Waals surface area contributed by atoms with Crippen molar-refractivity contribution in [1.82, 2.24) is 19.5 Å². The van der Waals surface area contributed by atoms with E-state index in [0.29, 0.717) is 23.6 Å². The molecule has 1 atom stereocenters. The SMILES string of the molecule is Fc1nc(Nc2ccccc2Br)c2ncn(C3CCCCO3)c2n1. The largest absolute Gasteiger partial charge is 0.358 e. The van der Waals surface area contributed by atoms with Gasteiger partial charge in [0, 0.05) is 11.1 Å². The van der Waals surface area contributed by atoms with E-state index in [1.54, 1.807) is 10.9 Å². The van der Waals surface area contributed by atoms with Crippen molar-refractivity contribution < 1.29 is 9.13 Å². The molecule has 0 aliphatic carbocycles. The van der Waals surface area contributed by atoms with Crippen molar-refractivity contribution in [2.45, 2.75) is 25.5 Å². The van der Waals surface area contributed by atoms with Crippen LogP contribution in [0.25, 0.3) is 11.2 Å². The Morgan fingerprint density at radius 1 is 1.25 bits per heavy atom. The third-order valence-corrected chi connectivity index (χ3v) is 4.68. The molecule has 0 saturated carbocycles. The van der Waals surface area contributed by atoms with E-state index in [-0.39, 0.29) is 6.23 Å². The maximum Gasteiger partial charge on any atom is 0.312 e. The normalized spacial score (nSPS) is 18.0. The molecule has 24 heavy (non-hydrogen) atoms. The molecule has 1 aliphatic heterocycles. The van der Waals surface area contributed by atoms with Crippen LogP contribution in [-0.2, 0) is 4.74 Å². The average molecular weight is 392 g/mol. The third kappa shape index (κ3) is 2.87. The number of ether oxygens (including phenoxy) is 1. The molecule has 0 bridgehead atoms. The molecule has 8 heteroatoms. The highest BCUT2D eigenvalue weighted by atomic mass is 79.9. The Morgan fingerprint density at radius 3 is 2.92 bits per heavy atom. The maximum atomic E-state index is 14.0. The number of hydrogen-bond acceptors (Lipinski definition) is 5. The predicted molar refractivity (Wildman–Crippen MR) is 91.5 cm³/mol. The Kier molecular flexibility index (Phi) is 4.15. The standard InChI is InChI=1S/C16H15BrFN5O/c17-10-5-1-2-6-11(10)20-14-13-15(22-16(18)21-14)23(9-19-13)12-7-3-4-8-24-12/h1-2,5-6,9,12H,3-4,7-8H2,(H,20,21,22). The highest BCUT2D eigenvalue weighted by molar-refractivity contribution is 9.10. The highest BCUT2D eigenvalue weighted by Crippen LogP contribution is 2.30. The van der Waals surface area contributed by atoms with E-state index < -0.39 is 6.08 Å². The molecular formula is C16H15BrFN5O. The Labute approximate surface area is 146 Å². The van der Waals surface area contributed by atoms with Crippen molar-refractivity contribution in [1.29, 1.82) is 0 Å². The molecule has 1 unspecified atom stereocenters. The fourth-order valence-electron chi connectivity index (χ4n) is 2.82. The molecule has 4 rings (SSSR count). The number of imidazole rings is 1. The molecule has 1 aromatic carbocycles. The number of benzene rings is 1. The molecule has 6 nitrogen and oxygen atoms in total. The lowest BCUT2D eigenvalue weighted by atomic mass is 10.2. The number of hydrogen-bond donors (Lipinski definition) is 1. The van der Waals surface area contributed by atoms with E-state index in [0.717, 1.165) is 29.4 Å². The predicted octanol–water partition coefficient (Wildman–Crippen LogP) is 4.17. The topological polar surface area (TPSA) is 64.9 Å². The molecule has 124 valence electrons. The number of fused-ring (bicyclic) bond motifs is 1. The molecule has 0 spiro atoms. The minimum Gasteiger partial charge on any atom is -0.358 e. The number of para-hydroxylation sites is 1. The van der Waals surface area contributed by atoms with Crippen LogP contribution in [0.4, 0.5) is 15.9 Å². The zero-order valence-electron chi connectivity index (χ0n) is 12.7. The van der Waals surface area contributed by atoms with Gasteiger partial charge in [-0.3, -0.25) is 4.57 Å². The smallest absolute Gasteiger partial charge is 0.312 e. The van der Waals surface area contributed by atoms with Gasteiger partial charge in [0.05, 0.1) is 12.0 Å². The first-order valence-electron chi connectivity index (χ1n) is 7.75. The summed E-state index contributed by atoms with van der Waals surface area (Å²) in [5.41, 5.74) is 1.73. The first-order chi connectivity index (χ1) is 11.7. The zero-order valence-corrected chi connectivity index (χ0v) is 14.3. The van der Waals surface area contributed by atoms with Gasteiger partial charge in [0.2, 0.25) is 0 Å². The zero-order chi connectivity index (χ0) is 16.5. The lowest BCUT2D eigenvalue weighted by Gasteiger charge is -2.23. The van der Waals surface area contributed by atoms with Gasteiger partial charge in [-0.25, -0.2) is 4.98 Å². The molecule has 0 radical (unpaired) electrons. The van der Waals surface area contributed by atoms with Crippen molar-refractivity contribution in [3.63, 3.8) is 0 Å². The van der Waals surface area contributed by atoms with Crippen LogP contribution in [0.2, 0.25) is 0 Å². The molecular weight excluding hydrogens is 377 g/mol. The van der Waals surface area contributed by atoms with Gasteiger partial charge in [0.25, 0.3) is 0 Å². The molecule has 1 saturated heterocycles. The van der Waals surface area contributed by atoms with Crippen LogP contribution >= 0.6 is 15.9 Å². The van der Waals surface area contributed by atoms with Crippen LogP contribution in [0.5, 0.6) is 0 Å². The monoisotopic (exact) mass is 391 g/mol. The van der Waals surface area contributed by atoms with Crippen LogP contribution in [0.15, 0.2) is 35.1 Å². The summed E-state index contributed by atoms with van der Waals surface area (Å²) >= 11 is 3.46. The van der Waals surface area contributed by atoms with Gasteiger partial charge in [-0.05, 0) is 47.3 Å². The van der Waals surface area contributed by atoms with Gasteiger partial charge in [0.1, 0.15) is 6.23 Å². The Bertz CT molecular complexity index is 878. The van der Waals surface area contributed by atoms with Crippen molar-refractivity contribution >= 4 is 38.6 Å². The van der Waals surface area contributed by atoms with Crippen LogP contribution in [-0.4, -0.2) is 26.1 Å². The average Bonchev–Trinajstić information content (AvgIpc) is 3.01. The quantitative estimate of drug-likeness (QED) is 0.678. The van der Waals surface area contributed by atoms with Crippen molar-refractivity contribution in [2.75, 3.05) is 11.9 Å². The third-order valence-electron chi connectivity index (χ3n) is 3.99. The highest BCUT2D eigenvalue weighted by Gasteiger charge is 2.21. The number of anilines is 2. The lowest BCUT2D eigenvalue weighted by molar-refractivity contribution is -0.0298. The Balaban J connectivity index is 1.76. The van der Waals surface area contributed by atoms with Gasteiger partial charge in [-0.15, -0.1) is 0 Å². The summed E-state index contributed by atoms with van der Waals surface area (Å²) in [4.78, 5) is 12.2. The fourth-order valence-corrected chi connectivity index (χ4v) is 3.21. The number of rotatable bonds is 3. The van der Waals surface area contributed by atoms with E-state index >= 15 is 0 Å². The first-order valence-corrected chi connectivity index (χ1v) is 8.55. The van der Waals surface area contributed by atoms with E-state index in [2.05, 4.69) is 36.2 Å². The van der Waals surface area contributed by atoms with Gasteiger partial charge in [-0.1, -0.05) is 12.1 Å². The lowest BCUT2D eigenvalue weighted by Crippen LogP contribution is -2.18.